The second-order valence-corrected chi connectivity index (χ2v) is 5.27. The van der Waals surface area contributed by atoms with E-state index < -0.39 is 0 Å². The Morgan fingerprint density at radius 1 is 1.09 bits per heavy atom. The minimum absolute atomic E-state index is 0.189. The number of methoxy groups -OCH3 is 1. The molecule has 1 N–H and O–H groups in total. The second kappa shape index (κ2) is 6.62. The van der Waals surface area contributed by atoms with Gasteiger partial charge in [0.25, 0.3) is 0 Å². The molecule has 0 aliphatic carbocycles. The summed E-state index contributed by atoms with van der Waals surface area (Å²) in [5, 5.41) is 9.13. The number of benzene rings is 2. The third kappa shape index (κ3) is 2.97. The molecule has 0 unspecified atom stereocenters. The molecule has 1 aromatic heterocycles. The number of para-hydroxylation sites is 2. The van der Waals surface area contributed by atoms with Gasteiger partial charge in [-0.15, -0.1) is 0 Å². The largest absolute Gasteiger partial charge is 0.497 e. The zero-order chi connectivity index (χ0) is 15.4. The van der Waals surface area contributed by atoms with E-state index in [1.54, 1.807) is 7.11 Å². The zero-order valence-electron chi connectivity index (χ0n) is 12.7. The van der Waals surface area contributed by atoms with Gasteiger partial charge in [-0.05, 0) is 36.2 Å². The van der Waals surface area contributed by atoms with E-state index in [2.05, 4.69) is 22.8 Å². The highest BCUT2D eigenvalue weighted by Gasteiger charge is 2.10. The van der Waals surface area contributed by atoms with Crippen molar-refractivity contribution in [1.29, 1.82) is 0 Å². The highest BCUT2D eigenvalue weighted by Crippen LogP contribution is 2.20. The average Bonchev–Trinajstić information content (AvgIpc) is 2.91. The summed E-state index contributed by atoms with van der Waals surface area (Å²) in [6.07, 6.45) is 1.50. The van der Waals surface area contributed by atoms with Gasteiger partial charge in [0.2, 0.25) is 0 Å². The Morgan fingerprint density at radius 2 is 1.86 bits per heavy atom. The van der Waals surface area contributed by atoms with Gasteiger partial charge in [-0.1, -0.05) is 24.3 Å². The highest BCUT2D eigenvalue weighted by molar-refractivity contribution is 5.76. The van der Waals surface area contributed by atoms with Crippen LogP contribution < -0.4 is 4.74 Å². The lowest BCUT2D eigenvalue weighted by Crippen LogP contribution is -2.06. The Balaban J connectivity index is 1.93. The molecule has 3 aromatic rings. The number of aryl methyl sites for hydroxylation is 1. The Labute approximate surface area is 130 Å². The number of rotatable bonds is 6. The van der Waals surface area contributed by atoms with Crippen LogP contribution in [0.2, 0.25) is 0 Å². The predicted octanol–water partition coefficient (Wildman–Crippen LogP) is 3.02. The molecule has 0 aliphatic rings. The van der Waals surface area contributed by atoms with Crippen molar-refractivity contribution < 1.29 is 9.84 Å². The fourth-order valence-electron chi connectivity index (χ4n) is 2.66. The quantitative estimate of drug-likeness (QED) is 0.760. The van der Waals surface area contributed by atoms with E-state index >= 15 is 0 Å². The van der Waals surface area contributed by atoms with Crippen LogP contribution in [0.25, 0.3) is 11.0 Å². The number of aliphatic hydroxyl groups excluding tert-OH is 1. The molecule has 4 nitrogen and oxygen atoms in total. The fraction of sp³-hybridized carbons (Fsp3) is 0.278. The van der Waals surface area contributed by atoms with E-state index in [0.717, 1.165) is 42.0 Å². The second-order valence-electron chi connectivity index (χ2n) is 5.27. The molecular weight excluding hydrogens is 276 g/mol. The Morgan fingerprint density at radius 3 is 2.59 bits per heavy atom. The van der Waals surface area contributed by atoms with Crippen LogP contribution in [0.15, 0.2) is 48.5 Å². The molecule has 0 saturated heterocycles. The van der Waals surface area contributed by atoms with E-state index in [0.29, 0.717) is 0 Å². The molecule has 0 aliphatic heterocycles. The predicted molar refractivity (Wildman–Crippen MR) is 87.2 cm³/mol. The topological polar surface area (TPSA) is 47.3 Å². The molecule has 0 spiro atoms. The first-order chi connectivity index (χ1) is 10.8. The Kier molecular flexibility index (Phi) is 4.39. The summed E-state index contributed by atoms with van der Waals surface area (Å²) >= 11 is 0. The standard InChI is InChI=1S/C18H20N2O2/c1-22-15-9-7-14(8-10-15)13-18-19-16-5-2-3-6-17(16)20(18)11-4-12-21/h2-3,5-10,21H,4,11-13H2,1H3. The first-order valence-corrected chi connectivity index (χ1v) is 7.50. The number of hydrogen-bond donors (Lipinski definition) is 1. The lowest BCUT2D eigenvalue weighted by Gasteiger charge is -2.09. The number of aromatic nitrogens is 2. The number of fused-ring (bicyclic) bond motifs is 1. The molecule has 2 aromatic carbocycles. The van der Waals surface area contributed by atoms with E-state index in [-0.39, 0.29) is 6.61 Å². The minimum atomic E-state index is 0.189. The Hall–Kier alpha value is -2.33. The lowest BCUT2D eigenvalue weighted by molar-refractivity contribution is 0.280. The van der Waals surface area contributed by atoms with Crippen LogP contribution >= 0.6 is 0 Å². The first-order valence-electron chi connectivity index (χ1n) is 7.50. The van der Waals surface area contributed by atoms with E-state index in [1.165, 1.54) is 5.56 Å². The normalized spacial score (nSPS) is 11.0. The van der Waals surface area contributed by atoms with Gasteiger partial charge in [0.05, 0.1) is 18.1 Å². The number of imidazole rings is 1. The van der Waals surface area contributed by atoms with Crippen molar-refractivity contribution in [3.05, 3.63) is 59.9 Å². The molecule has 0 bridgehead atoms. The van der Waals surface area contributed by atoms with Crippen molar-refractivity contribution in [2.45, 2.75) is 19.4 Å². The van der Waals surface area contributed by atoms with Crippen molar-refractivity contribution in [3.63, 3.8) is 0 Å². The van der Waals surface area contributed by atoms with Gasteiger partial charge in [-0.3, -0.25) is 0 Å². The lowest BCUT2D eigenvalue weighted by atomic mass is 10.1. The van der Waals surface area contributed by atoms with Gasteiger partial charge in [0.15, 0.2) is 0 Å². The van der Waals surface area contributed by atoms with E-state index in [1.807, 2.05) is 30.3 Å². The maximum Gasteiger partial charge on any atom is 0.118 e. The summed E-state index contributed by atoms with van der Waals surface area (Å²) in [5.41, 5.74) is 3.32. The fourth-order valence-corrected chi connectivity index (χ4v) is 2.66. The summed E-state index contributed by atoms with van der Waals surface area (Å²) in [4.78, 5) is 4.75. The smallest absolute Gasteiger partial charge is 0.118 e. The maximum absolute atomic E-state index is 9.13. The summed E-state index contributed by atoms with van der Waals surface area (Å²) in [6.45, 7) is 0.969. The average molecular weight is 296 g/mol. The van der Waals surface area contributed by atoms with Crippen molar-refractivity contribution in [3.8, 4) is 5.75 Å². The van der Waals surface area contributed by atoms with Gasteiger partial charge < -0.3 is 14.4 Å². The third-order valence-electron chi connectivity index (χ3n) is 3.79. The molecule has 0 saturated carbocycles. The SMILES string of the molecule is COc1ccc(Cc2nc3ccccc3n2CCCO)cc1. The van der Waals surface area contributed by atoms with Gasteiger partial charge in [-0.2, -0.15) is 0 Å². The highest BCUT2D eigenvalue weighted by atomic mass is 16.5. The van der Waals surface area contributed by atoms with Crippen LogP contribution in [-0.2, 0) is 13.0 Å². The third-order valence-corrected chi connectivity index (χ3v) is 3.79. The van der Waals surface area contributed by atoms with Crippen molar-refractivity contribution >= 4 is 11.0 Å². The van der Waals surface area contributed by atoms with Gasteiger partial charge in [-0.25, -0.2) is 4.98 Å². The molecule has 4 heteroatoms. The molecule has 0 radical (unpaired) electrons. The van der Waals surface area contributed by atoms with Crippen LogP contribution in [0.5, 0.6) is 5.75 Å². The molecule has 1 heterocycles. The van der Waals surface area contributed by atoms with Crippen molar-refractivity contribution in [2.24, 2.45) is 0 Å². The van der Waals surface area contributed by atoms with Crippen LogP contribution in [0.4, 0.5) is 0 Å². The molecule has 0 atom stereocenters. The number of ether oxygens (including phenoxy) is 1. The molecule has 0 fully saturated rings. The molecule has 22 heavy (non-hydrogen) atoms. The number of aliphatic hydroxyl groups is 1. The summed E-state index contributed by atoms with van der Waals surface area (Å²) < 4.78 is 7.40. The number of nitrogens with zero attached hydrogens (tertiary/aromatic N) is 2. The molecule has 3 rings (SSSR count). The molecule has 0 amide bonds. The van der Waals surface area contributed by atoms with Crippen LogP contribution in [0, 0.1) is 0 Å². The monoisotopic (exact) mass is 296 g/mol. The van der Waals surface area contributed by atoms with Crippen molar-refractivity contribution in [1.82, 2.24) is 9.55 Å². The van der Waals surface area contributed by atoms with E-state index in [9.17, 15) is 0 Å². The maximum atomic E-state index is 9.13. The Bertz CT molecular complexity index is 747. The summed E-state index contributed by atoms with van der Waals surface area (Å²) in [7, 11) is 1.67. The van der Waals surface area contributed by atoms with Gasteiger partial charge in [0.1, 0.15) is 11.6 Å². The van der Waals surface area contributed by atoms with Gasteiger partial charge >= 0.3 is 0 Å². The van der Waals surface area contributed by atoms with E-state index in [4.69, 9.17) is 14.8 Å². The number of hydrogen-bond acceptors (Lipinski definition) is 3. The van der Waals surface area contributed by atoms with Crippen LogP contribution in [0.1, 0.15) is 17.8 Å². The van der Waals surface area contributed by atoms with Gasteiger partial charge in [0, 0.05) is 19.6 Å². The van der Waals surface area contributed by atoms with Crippen LogP contribution in [-0.4, -0.2) is 28.4 Å². The summed E-state index contributed by atoms with van der Waals surface area (Å²) in [6, 6.07) is 16.2. The summed E-state index contributed by atoms with van der Waals surface area (Å²) in [5.74, 6) is 1.89. The molecular formula is C18H20N2O2. The first kappa shape index (κ1) is 14.6. The zero-order valence-corrected chi connectivity index (χ0v) is 12.7. The molecule has 114 valence electrons. The minimum Gasteiger partial charge on any atom is -0.497 e. The van der Waals surface area contributed by atoms with Crippen LogP contribution in [0.3, 0.4) is 0 Å². The van der Waals surface area contributed by atoms with Crippen molar-refractivity contribution in [2.75, 3.05) is 13.7 Å².